The van der Waals surface area contributed by atoms with Gasteiger partial charge in [-0.25, -0.2) is 0 Å². The van der Waals surface area contributed by atoms with E-state index in [0.717, 1.165) is 19.5 Å². The highest BCUT2D eigenvalue weighted by atomic mass is 35.6. The van der Waals surface area contributed by atoms with Gasteiger partial charge in [-0.15, -0.1) is 0 Å². The number of rotatable bonds is 5. The number of hydrogen-bond donors (Lipinski definition) is 1. The number of hydrogen-bond acceptors (Lipinski definition) is 5. The molecule has 16 heavy (non-hydrogen) atoms. The molecule has 0 radical (unpaired) electrons. The topological polar surface area (TPSA) is 41.0 Å². The SMILES string of the molecule is CN(C)CCCNc1nc(C(Cl)(Cl)Cl)ns1. The van der Waals surface area contributed by atoms with E-state index in [1.165, 1.54) is 11.5 Å². The van der Waals surface area contributed by atoms with Crippen molar-refractivity contribution in [2.45, 2.75) is 10.2 Å². The Labute approximate surface area is 114 Å². The molecular weight excluding hydrogens is 291 g/mol. The molecule has 0 aliphatic carbocycles. The van der Waals surface area contributed by atoms with Gasteiger partial charge in [0.15, 0.2) is 5.82 Å². The predicted octanol–water partition coefficient (Wildman–Crippen LogP) is 2.73. The van der Waals surface area contributed by atoms with Gasteiger partial charge in [0.25, 0.3) is 3.79 Å². The van der Waals surface area contributed by atoms with Crippen molar-refractivity contribution < 1.29 is 0 Å². The third-order valence-corrected chi connectivity index (χ3v) is 2.92. The van der Waals surface area contributed by atoms with Crippen LogP contribution in [-0.4, -0.2) is 41.4 Å². The highest BCUT2D eigenvalue weighted by molar-refractivity contribution is 7.09. The van der Waals surface area contributed by atoms with Gasteiger partial charge >= 0.3 is 0 Å². The molecule has 0 fully saturated rings. The number of nitrogens with one attached hydrogen (secondary N) is 1. The average Bonchev–Trinajstić information content (AvgIpc) is 2.59. The Kier molecular flexibility index (Phi) is 5.53. The molecule has 4 nitrogen and oxygen atoms in total. The summed E-state index contributed by atoms with van der Waals surface area (Å²) in [4.78, 5) is 6.20. The van der Waals surface area contributed by atoms with Crippen molar-refractivity contribution in [3.63, 3.8) is 0 Å². The Balaban J connectivity index is 2.36. The monoisotopic (exact) mass is 302 g/mol. The Morgan fingerprint density at radius 3 is 2.56 bits per heavy atom. The van der Waals surface area contributed by atoms with Gasteiger partial charge in [-0.05, 0) is 27.1 Å². The number of aromatic nitrogens is 2. The van der Waals surface area contributed by atoms with E-state index in [0.29, 0.717) is 5.13 Å². The van der Waals surface area contributed by atoms with E-state index in [-0.39, 0.29) is 5.82 Å². The van der Waals surface area contributed by atoms with Crippen molar-refractivity contribution in [2.24, 2.45) is 0 Å². The molecule has 0 amide bonds. The fraction of sp³-hybridized carbons (Fsp3) is 0.750. The molecule has 0 bridgehead atoms. The first-order chi connectivity index (χ1) is 7.39. The summed E-state index contributed by atoms with van der Waals surface area (Å²) < 4.78 is 2.42. The van der Waals surface area contributed by atoms with Crippen LogP contribution >= 0.6 is 46.3 Å². The van der Waals surface area contributed by atoms with Crippen LogP contribution in [0.5, 0.6) is 0 Å². The van der Waals surface area contributed by atoms with E-state index >= 15 is 0 Å². The van der Waals surface area contributed by atoms with Crippen molar-refractivity contribution in [1.82, 2.24) is 14.3 Å². The highest BCUT2D eigenvalue weighted by Gasteiger charge is 2.28. The lowest BCUT2D eigenvalue weighted by Crippen LogP contribution is -2.16. The summed E-state index contributed by atoms with van der Waals surface area (Å²) in [5.41, 5.74) is 0. The lowest BCUT2D eigenvalue weighted by Gasteiger charge is -2.08. The lowest BCUT2D eigenvalue weighted by atomic mass is 10.4. The first-order valence-corrected chi connectivity index (χ1v) is 6.60. The molecule has 92 valence electrons. The number of alkyl halides is 3. The lowest BCUT2D eigenvalue weighted by molar-refractivity contribution is 0.405. The van der Waals surface area contributed by atoms with E-state index in [1.807, 2.05) is 14.1 Å². The van der Waals surface area contributed by atoms with E-state index in [4.69, 9.17) is 34.8 Å². The second-order valence-electron chi connectivity index (χ2n) is 3.50. The van der Waals surface area contributed by atoms with Crippen molar-refractivity contribution in [1.29, 1.82) is 0 Å². The Bertz CT molecular complexity index is 323. The maximum absolute atomic E-state index is 5.65. The molecule has 8 heteroatoms. The first-order valence-electron chi connectivity index (χ1n) is 4.69. The van der Waals surface area contributed by atoms with E-state index in [1.54, 1.807) is 0 Å². The Morgan fingerprint density at radius 2 is 2.06 bits per heavy atom. The van der Waals surface area contributed by atoms with Crippen LogP contribution < -0.4 is 5.32 Å². The summed E-state index contributed by atoms with van der Waals surface area (Å²) in [6.45, 7) is 1.84. The molecule has 1 N–H and O–H groups in total. The summed E-state index contributed by atoms with van der Waals surface area (Å²) in [5, 5.41) is 3.82. The zero-order chi connectivity index (χ0) is 12.2. The molecule has 1 aromatic heterocycles. The summed E-state index contributed by atoms with van der Waals surface area (Å²) in [5.74, 6) is 0.220. The summed E-state index contributed by atoms with van der Waals surface area (Å²) >= 11 is 18.2. The Hall–Kier alpha value is 0.190. The molecule has 0 saturated heterocycles. The van der Waals surface area contributed by atoms with Gasteiger partial charge in [0, 0.05) is 18.1 Å². The molecule has 0 atom stereocenters. The van der Waals surface area contributed by atoms with Gasteiger partial charge < -0.3 is 10.2 Å². The molecule has 1 heterocycles. The van der Waals surface area contributed by atoms with Crippen molar-refractivity contribution in [3.8, 4) is 0 Å². The standard InChI is InChI=1S/C8H13Cl3N4S/c1-15(2)5-3-4-12-7-13-6(14-16-7)8(9,10)11/h3-5H2,1-2H3,(H,12,13,14). The molecule has 0 saturated carbocycles. The van der Waals surface area contributed by atoms with Crippen LogP contribution in [0.1, 0.15) is 12.2 Å². The Morgan fingerprint density at radius 1 is 1.38 bits per heavy atom. The molecule has 1 aromatic rings. The molecule has 0 spiro atoms. The van der Waals surface area contributed by atoms with Gasteiger partial charge in [0.05, 0.1) is 0 Å². The maximum atomic E-state index is 5.65. The van der Waals surface area contributed by atoms with Crippen LogP contribution in [0.25, 0.3) is 0 Å². The van der Waals surface area contributed by atoms with E-state index in [9.17, 15) is 0 Å². The van der Waals surface area contributed by atoms with Crippen LogP contribution in [0.3, 0.4) is 0 Å². The summed E-state index contributed by atoms with van der Waals surface area (Å²) in [6.07, 6.45) is 1.02. The number of nitrogens with zero attached hydrogens (tertiary/aromatic N) is 3. The van der Waals surface area contributed by atoms with Gasteiger partial charge in [-0.1, -0.05) is 34.8 Å². The maximum Gasteiger partial charge on any atom is 0.251 e. The fourth-order valence-corrected chi connectivity index (χ4v) is 2.05. The second kappa shape index (κ2) is 6.21. The van der Waals surface area contributed by atoms with Crippen LogP contribution in [0.15, 0.2) is 0 Å². The van der Waals surface area contributed by atoms with Crippen LogP contribution in [0, 0.1) is 0 Å². The zero-order valence-corrected chi connectivity index (χ0v) is 12.1. The third kappa shape index (κ3) is 5.01. The van der Waals surface area contributed by atoms with Crippen LogP contribution in [0.4, 0.5) is 5.13 Å². The normalized spacial score (nSPS) is 12.1. The first kappa shape index (κ1) is 14.3. The summed E-state index contributed by atoms with van der Waals surface area (Å²) in [6, 6.07) is 0. The third-order valence-electron chi connectivity index (χ3n) is 1.74. The molecule has 0 aromatic carbocycles. The quantitative estimate of drug-likeness (QED) is 0.671. The van der Waals surface area contributed by atoms with Gasteiger partial charge in [-0.3, -0.25) is 0 Å². The van der Waals surface area contributed by atoms with E-state index < -0.39 is 3.79 Å². The highest BCUT2D eigenvalue weighted by Crippen LogP contribution is 2.37. The minimum atomic E-state index is -1.54. The fourth-order valence-electron chi connectivity index (χ4n) is 1.00. The zero-order valence-electron chi connectivity index (χ0n) is 9.01. The molecule has 0 aliphatic heterocycles. The smallest absolute Gasteiger partial charge is 0.251 e. The number of halogens is 3. The van der Waals surface area contributed by atoms with Crippen molar-refractivity contribution >= 4 is 51.5 Å². The molecule has 0 aliphatic rings. The molecule has 0 unspecified atom stereocenters. The van der Waals surface area contributed by atoms with E-state index in [2.05, 4.69) is 19.6 Å². The van der Waals surface area contributed by atoms with Gasteiger partial charge in [0.1, 0.15) is 0 Å². The predicted molar refractivity (Wildman–Crippen MR) is 70.8 cm³/mol. The van der Waals surface area contributed by atoms with Crippen molar-refractivity contribution in [3.05, 3.63) is 5.82 Å². The largest absolute Gasteiger partial charge is 0.360 e. The average molecular weight is 304 g/mol. The van der Waals surface area contributed by atoms with Gasteiger partial charge in [0.2, 0.25) is 5.13 Å². The van der Waals surface area contributed by atoms with Gasteiger partial charge in [-0.2, -0.15) is 9.36 Å². The van der Waals surface area contributed by atoms with Crippen LogP contribution in [-0.2, 0) is 3.79 Å². The van der Waals surface area contributed by atoms with Crippen molar-refractivity contribution in [2.75, 3.05) is 32.5 Å². The molecule has 1 rings (SSSR count). The number of anilines is 1. The summed E-state index contributed by atoms with van der Waals surface area (Å²) in [7, 11) is 4.07. The molecular formula is C8H13Cl3N4S. The minimum absolute atomic E-state index is 0.220. The minimum Gasteiger partial charge on any atom is -0.360 e. The second-order valence-corrected chi connectivity index (χ2v) is 6.54. The van der Waals surface area contributed by atoms with Crippen LogP contribution in [0.2, 0.25) is 0 Å².